The molecular weight excluding hydrogens is 1420 g/mol. The second-order valence-electron chi connectivity index (χ2n) is 39.5. The van der Waals surface area contributed by atoms with Crippen LogP contribution in [0.25, 0.3) is 21.3 Å². The molecule has 0 radical (unpaired) electrons. The van der Waals surface area contributed by atoms with Crippen LogP contribution in [0, 0.1) is 45.3 Å². The zero-order valence-electron chi connectivity index (χ0n) is 72.7. The largest absolute Gasteiger partial charge is 4.00 e. The Hall–Kier alpha value is -3.78. The Morgan fingerprint density at radius 2 is 0.404 bits per heavy atom. The SMILES string of the molecule is CC1CCCCCC(C)([N-]C2C=CC=C2)C(C)(C)C1(C)[SiH2]c1ccccc1.CC1CCCCCC(C)([N-]C2C=CC=C2)C(C)(C)C1(C)[SiH2]c1ccccc1.CC1CCCCCC(C)([N-]C2C=CC=C2)C(C)(C)C1(C)[SiH2]c1ccccc1.CC1CCCCCC(C)([N-]C2C=CC=C2)C(C)(C)C1(C)[SiH2]c1ccccc1.[Ti+4]. The van der Waals surface area contributed by atoms with Gasteiger partial charge in [-0.3, -0.25) is 0 Å². The zero-order valence-corrected chi connectivity index (χ0v) is 79.9. The molecule has 12 unspecified atom stereocenters. The van der Waals surface area contributed by atoms with Crippen LogP contribution in [-0.2, 0) is 21.7 Å². The van der Waals surface area contributed by atoms with Crippen LogP contribution in [0.15, 0.2) is 219 Å². The van der Waals surface area contributed by atoms with Gasteiger partial charge in [-0.25, -0.2) is 0 Å². The molecule has 0 N–H and O–H groups in total. The summed E-state index contributed by atoms with van der Waals surface area (Å²) in [7, 11) is -1.82. The third-order valence-electron chi connectivity index (χ3n) is 33.0. The second-order valence-corrected chi connectivity index (χ2v) is 50.0. The molecule has 592 valence electrons. The van der Waals surface area contributed by atoms with Gasteiger partial charge in [0.2, 0.25) is 0 Å². The van der Waals surface area contributed by atoms with Gasteiger partial charge in [-0.2, -0.15) is 0 Å². The van der Waals surface area contributed by atoms with Crippen molar-refractivity contribution in [2.75, 3.05) is 0 Å². The van der Waals surface area contributed by atoms with Crippen molar-refractivity contribution in [3.05, 3.63) is 240 Å². The van der Waals surface area contributed by atoms with Crippen LogP contribution in [-0.4, -0.2) is 84.4 Å². The van der Waals surface area contributed by atoms with Crippen LogP contribution in [0.4, 0.5) is 0 Å². The van der Waals surface area contributed by atoms with Crippen molar-refractivity contribution in [2.45, 2.75) is 333 Å². The molecule has 0 amide bonds. The zero-order chi connectivity index (χ0) is 78.2. The van der Waals surface area contributed by atoms with Gasteiger partial charge in [0, 0.05) is 0 Å². The summed E-state index contributed by atoms with van der Waals surface area (Å²) < 4.78 is 0. The van der Waals surface area contributed by atoms with Gasteiger partial charge in [-0.05, 0) is 65.5 Å². The summed E-state index contributed by atoms with van der Waals surface area (Å²) in [4.78, 5) is 0. The molecule has 0 saturated heterocycles. The quantitative estimate of drug-likeness (QED) is 0.100. The topological polar surface area (TPSA) is 56.4 Å². The first kappa shape index (κ1) is 90.8. The van der Waals surface area contributed by atoms with Crippen LogP contribution < -0.4 is 20.7 Å². The number of benzene rings is 4. The Kier molecular flexibility index (Phi) is 32.7. The molecule has 4 saturated carbocycles. The van der Waals surface area contributed by atoms with E-state index in [1.54, 1.807) is 20.7 Å². The maximum absolute atomic E-state index is 5.48. The molecule has 9 heteroatoms. The van der Waals surface area contributed by atoms with E-state index in [0.29, 0.717) is 20.2 Å². The van der Waals surface area contributed by atoms with Gasteiger partial charge in [0.05, 0.1) is 38.1 Å². The Bertz CT molecular complexity index is 3150. The molecule has 4 aromatic carbocycles. The Morgan fingerprint density at radius 1 is 0.239 bits per heavy atom. The summed E-state index contributed by atoms with van der Waals surface area (Å²) in [6, 6.07) is 46.3. The van der Waals surface area contributed by atoms with Crippen molar-refractivity contribution in [3.8, 4) is 0 Å². The van der Waals surface area contributed by atoms with E-state index in [1.165, 1.54) is 128 Å². The van der Waals surface area contributed by atoms with Gasteiger partial charge in [0.15, 0.2) is 0 Å². The number of allylic oxidation sites excluding steroid dienone is 8. The molecule has 0 aromatic heterocycles. The van der Waals surface area contributed by atoms with Gasteiger partial charge in [-0.1, -0.05) is 530 Å². The van der Waals surface area contributed by atoms with Crippen molar-refractivity contribution in [1.29, 1.82) is 0 Å². The molecule has 0 heterocycles. The molecule has 8 aliphatic carbocycles. The fourth-order valence-corrected chi connectivity index (χ4v) is 32.7. The molecule has 0 spiro atoms. The van der Waals surface area contributed by atoms with Gasteiger partial charge in [0.1, 0.15) is 0 Å². The summed E-state index contributed by atoms with van der Waals surface area (Å²) in [5.74, 6) is 2.95. The third-order valence-corrected chi connectivity index (χ3v) is 45.7. The van der Waals surface area contributed by atoms with Crippen LogP contribution >= 0.6 is 0 Å². The molecule has 12 atom stereocenters. The van der Waals surface area contributed by atoms with Crippen molar-refractivity contribution >= 4 is 58.8 Å². The van der Waals surface area contributed by atoms with E-state index in [4.69, 9.17) is 21.3 Å². The van der Waals surface area contributed by atoms with Gasteiger partial charge in [0.25, 0.3) is 0 Å². The maximum Gasteiger partial charge on any atom is 4.00 e. The molecule has 0 bridgehead atoms. The number of hydrogen-bond donors (Lipinski definition) is 0. The molecule has 4 nitrogen and oxygen atoms in total. The first-order valence-corrected chi connectivity index (χ1v) is 49.2. The maximum atomic E-state index is 5.48. The van der Waals surface area contributed by atoms with E-state index >= 15 is 0 Å². The summed E-state index contributed by atoms with van der Waals surface area (Å²) in [5, 5.41) is 29.7. The van der Waals surface area contributed by atoms with Gasteiger partial charge >= 0.3 is 21.7 Å². The predicted octanol–water partition coefficient (Wildman–Crippen LogP) is 23.6. The number of rotatable bonds is 16. The van der Waals surface area contributed by atoms with E-state index in [2.05, 4.69) is 357 Å². The minimum absolute atomic E-state index is 0. The number of hydrogen-bond acceptors (Lipinski definition) is 0. The Labute approximate surface area is 693 Å². The van der Waals surface area contributed by atoms with E-state index < -0.39 is 38.1 Å². The standard InChI is InChI=1S/4C25H38NSi.Ti/c4*1-20-14-8-7-13-19-24(4,26-21-15-11-12-16-21)23(2,3)25(20,5)27-22-17-9-6-10-18-22;/h4*6,9-12,15-18,20-21H,7-8,13-14,19,27H2,1-5H3;/q4*-1;+4. The molecular formula is C100H152N4Si4Ti. The summed E-state index contributed by atoms with van der Waals surface area (Å²) >= 11 is 0. The fourth-order valence-electron chi connectivity index (χ4n) is 21.7. The molecule has 4 aromatic rings. The third kappa shape index (κ3) is 20.9. The van der Waals surface area contributed by atoms with E-state index in [-0.39, 0.29) is 89.7 Å². The van der Waals surface area contributed by atoms with Crippen LogP contribution in [0.3, 0.4) is 0 Å². The van der Waals surface area contributed by atoms with E-state index in [1.807, 2.05) is 0 Å². The summed E-state index contributed by atoms with van der Waals surface area (Å²) in [6.45, 7) is 50.7. The van der Waals surface area contributed by atoms with Crippen LogP contribution in [0.1, 0.15) is 267 Å². The summed E-state index contributed by atoms with van der Waals surface area (Å²) in [5.41, 5.74) is 0.674. The fraction of sp³-hybridized carbons (Fsp3) is 0.600. The summed E-state index contributed by atoms with van der Waals surface area (Å²) in [6.07, 6.45) is 61.6. The van der Waals surface area contributed by atoms with E-state index in [9.17, 15) is 0 Å². The normalized spacial score (nSPS) is 34.3. The average molecular weight is 1570 g/mol. The minimum Gasteiger partial charge on any atom is -0.647 e. The van der Waals surface area contributed by atoms with Gasteiger partial charge < -0.3 is 21.3 Å². The molecule has 8 aliphatic rings. The van der Waals surface area contributed by atoms with Crippen molar-refractivity contribution in [3.63, 3.8) is 0 Å². The van der Waals surface area contributed by atoms with Gasteiger partial charge in [-0.15, -0.1) is 22.2 Å². The van der Waals surface area contributed by atoms with Crippen LogP contribution in [0.2, 0.25) is 20.2 Å². The first-order chi connectivity index (χ1) is 51.1. The monoisotopic (exact) mass is 1570 g/mol. The molecule has 4 fully saturated rings. The Balaban J connectivity index is 0.000000182. The molecule has 12 rings (SSSR count). The van der Waals surface area contributed by atoms with Crippen molar-refractivity contribution in [2.24, 2.45) is 45.3 Å². The molecule has 109 heavy (non-hydrogen) atoms. The predicted molar refractivity (Wildman–Crippen MR) is 491 cm³/mol. The van der Waals surface area contributed by atoms with Crippen molar-refractivity contribution in [1.82, 2.24) is 0 Å². The smallest absolute Gasteiger partial charge is 0.647 e. The minimum atomic E-state index is -0.454. The second kappa shape index (κ2) is 39.2. The van der Waals surface area contributed by atoms with E-state index in [0.717, 1.165) is 23.7 Å². The Morgan fingerprint density at radius 3 is 0.569 bits per heavy atom. The van der Waals surface area contributed by atoms with Crippen molar-refractivity contribution < 1.29 is 21.7 Å². The number of nitrogens with zero attached hydrogens (tertiary/aromatic N) is 4. The average Bonchev–Trinajstić information content (AvgIpc) is 1.58. The molecule has 0 aliphatic heterocycles. The first-order valence-electron chi connectivity index (χ1n) is 43.6. The van der Waals surface area contributed by atoms with Crippen LogP contribution in [0.5, 0.6) is 0 Å².